The SMILES string of the molecule is N[C@@H]1CCCC[C@H]1NC(=O)C1=CN(c2ccncc2)CCS1. The van der Waals surface area contributed by atoms with E-state index in [4.69, 9.17) is 5.73 Å². The fourth-order valence-electron chi connectivity index (χ4n) is 2.94. The lowest BCUT2D eigenvalue weighted by molar-refractivity contribution is -0.117. The summed E-state index contributed by atoms with van der Waals surface area (Å²) in [6, 6.07) is 4.11. The highest BCUT2D eigenvalue weighted by Gasteiger charge is 2.26. The average Bonchev–Trinajstić information content (AvgIpc) is 2.58. The summed E-state index contributed by atoms with van der Waals surface area (Å²) >= 11 is 1.61. The van der Waals surface area contributed by atoms with Crippen molar-refractivity contribution in [1.82, 2.24) is 10.3 Å². The van der Waals surface area contributed by atoms with Crippen molar-refractivity contribution in [1.29, 1.82) is 0 Å². The van der Waals surface area contributed by atoms with Gasteiger partial charge in [-0.05, 0) is 25.0 Å². The van der Waals surface area contributed by atoms with E-state index in [0.29, 0.717) is 0 Å². The Balaban J connectivity index is 1.67. The average molecular weight is 318 g/mol. The van der Waals surface area contributed by atoms with Crippen LogP contribution in [0.3, 0.4) is 0 Å². The van der Waals surface area contributed by atoms with Crippen molar-refractivity contribution < 1.29 is 4.79 Å². The summed E-state index contributed by atoms with van der Waals surface area (Å²) in [4.78, 5) is 19.4. The number of aromatic nitrogens is 1. The third kappa shape index (κ3) is 3.62. The number of thioether (sulfide) groups is 1. The third-order valence-corrected chi connectivity index (χ3v) is 5.21. The van der Waals surface area contributed by atoms with Gasteiger partial charge in [-0.3, -0.25) is 9.78 Å². The van der Waals surface area contributed by atoms with Crippen LogP contribution in [-0.2, 0) is 4.79 Å². The van der Waals surface area contributed by atoms with E-state index >= 15 is 0 Å². The predicted octanol–water partition coefficient (Wildman–Crippen LogP) is 1.86. The topological polar surface area (TPSA) is 71.2 Å². The van der Waals surface area contributed by atoms with Crippen LogP contribution in [-0.4, -0.2) is 35.3 Å². The van der Waals surface area contributed by atoms with Gasteiger partial charge in [0.1, 0.15) is 0 Å². The number of nitrogens with two attached hydrogens (primary N) is 1. The number of anilines is 1. The molecule has 3 N–H and O–H groups in total. The lowest BCUT2D eigenvalue weighted by Crippen LogP contribution is -2.49. The van der Waals surface area contributed by atoms with E-state index in [1.807, 2.05) is 18.3 Å². The van der Waals surface area contributed by atoms with Crippen LogP contribution in [0, 0.1) is 0 Å². The zero-order chi connectivity index (χ0) is 15.4. The van der Waals surface area contributed by atoms with Crippen molar-refractivity contribution in [3.63, 3.8) is 0 Å². The molecule has 0 radical (unpaired) electrons. The molecule has 3 rings (SSSR count). The summed E-state index contributed by atoms with van der Waals surface area (Å²) in [6.07, 6.45) is 9.78. The second-order valence-electron chi connectivity index (χ2n) is 5.77. The van der Waals surface area contributed by atoms with Gasteiger partial charge in [0.25, 0.3) is 5.91 Å². The Labute approximate surface area is 135 Å². The minimum absolute atomic E-state index is 0.00565. The third-order valence-electron chi connectivity index (χ3n) is 4.22. The van der Waals surface area contributed by atoms with E-state index in [1.165, 1.54) is 6.42 Å². The monoisotopic (exact) mass is 318 g/mol. The van der Waals surface area contributed by atoms with Gasteiger partial charge in [-0.1, -0.05) is 12.8 Å². The van der Waals surface area contributed by atoms with E-state index in [2.05, 4.69) is 15.2 Å². The number of hydrogen-bond donors (Lipinski definition) is 2. The van der Waals surface area contributed by atoms with E-state index in [1.54, 1.807) is 24.2 Å². The van der Waals surface area contributed by atoms with E-state index in [-0.39, 0.29) is 18.0 Å². The summed E-state index contributed by atoms with van der Waals surface area (Å²) < 4.78 is 0. The van der Waals surface area contributed by atoms with Crippen LogP contribution in [0.25, 0.3) is 0 Å². The van der Waals surface area contributed by atoms with Gasteiger partial charge >= 0.3 is 0 Å². The van der Waals surface area contributed by atoms with Crippen LogP contribution < -0.4 is 16.0 Å². The van der Waals surface area contributed by atoms with Gasteiger partial charge in [0.05, 0.1) is 4.91 Å². The molecule has 1 amide bonds. The number of amides is 1. The van der Waals surface area contributed by atoms with Crippen LogP contribution in [0.2, 0.25) is 0 Å². The van der Waals surface area contributed by atoms with Crippen molar-refractivity contribution in [3.05, 3.63) is 35.6 Å². The Kier molecular flexibility index (Phi) is 5.00. The molecule has 6 heteroatoms. The van der Waals surface area contributed by atoms with E-state index < -0.39 is 0 Å². The van der Waals surface area contributed by atoms with Gasteiger partial charge in [-0.2, -0.15) is 0 Å². The first-order chi connectivity index (χ1) is 10.7. The normalized spacial score (nSPS) is 25.5. The number of nitrogens with zero attached hydrogens (tertiary/aromatic N) is 2. The molecular formula is C16H22N4OS. The molecule has 22 heavy (non-hydrogen) atoms. The van der Waals surface area contributed by atoms with Gasteiger partial charge in [0.2, 0.25) is 0 Å². The molecule has 0 bridgehead atoms. The molecule has 2 atom stereocenters. The molecular weight excluding hydrogens is 296 g/mol. The van der Waals surface area contributed by atoms with Crippen molar-refractivity contribution in [3.8, 4) is 0 Å². The molecule has 1 aromatic heterocycles. The zero-order valence-corrected chi connectivity index (χ0v) is 13.4. The first-order valence-corrected chi connectivity index (χ1v) is 8.80. The first kappa shape index (κ1) is 15.4. The molecule has 1 aromatic rings. The number of pyridine rings is 1. The maximum atomic E-state index is 12.5. The van der Waals surface area contributed by atoms with Crippen LogP contribution in [0.15, 0.2) is 35.6 Å². The first-order valence-electron chi connectivity index (χ1n) is 7.82. The maximum Gasteiger partial charge on any atom is 0.259 e. The summed E-state index contributed by atoms with van der Waals surface area (Å²) in [5, 5.41) is 3.12. The van der Waals surface area contributed by atoms with Gasteiger partial charge in [0, 0.05) is 48.7 Å². The number of rotatable bonds is 3. The molecule has 2 heterocycles. The second-order valence-corrected chi connectivity index (χ2v) is 6.91. The van der Waals surface area contributed by atoms with E-state index in [9.17, 15) is 4.79 Å². The predicted molar refractivity (Wildman–Crippen MR) is 90.5 cm³/mol. The van der Waals surface area contributed by atoms with Gasteiger partial charge < -0.3 is 16.0 Å². The molecule has 2 aliphatic rings. The smallest absolute Gasteiger partial charge is 0.259 e. The largest absolute Gasteiger partial charge is 0.347 e. The molecule has 0 aromatic carbocycles. The molecule has 0 saturated heterocycles. The summed E-state index contributed by atoms with van der Waals surface area (Å²) in [7, 11) is 0. The molecule has 0 spiro atoms. The Morgan fingerprint density at radius 2 is 2.09 bits per heavy atom. The Bertz CT molecular complexity index is 548. The number of hydrogen-bond acceptors (Lipinski definition) is 5. The number of carbonyl (C=O) groups excluding carboxylic acids is 1. The fraction of sp³-hybridized carbons (Fsp3) is 0.500. The molecule has 1 saturated carbocycles. The van der Waals surface area contributed by atoms with Gasteiger partial charge in [-0.25, -0.2) is 0 Å². The minimum Gasteiger partial charge on any atom is -0.347 e. The van der Waals surface area contributed by atoms with Crippen LogP contribution in [0.1, 0.15) is 25.7 Å². The standard InChI is InChI=1S/C16H22N4OS/c17-13-3-1-2-4-14(13)19-16(21)15-11-20(9-10-22-15)12-5-7-18-8-6-12/h5-8,11,13-14H,1-4,9-10,17H2,(H,19,21)/t13-,14-/m1/s1. The van der Waals surface area contributed by atoms with Crippen LogP contribution in [0.5, 0.6) is 0 Å². The molecule has 1 aliphatic carbocycles. The summed E-state index contributed by atoms with van der Waals surface area (Å²) in [5.41, 5.74) is 7.18. The highest BCUT2D eigenvalue weighted by atomic mass is 32.2. The van der Waals surface area contributed by atoms with Crippen molar-refractivity contribution in [2.24, 2.45) is 5.73 Å². The van der Waals surface area contributed by atoms with Crippen LogP contribution in [0.4, 0.5) is 5.69 Å². The maximum absolute atomic E-state index is 12.5. The molecule has 1 aliphatic heterocycles. The fourth-order valence-corrected chi connectivity index (χ4v) is 3.84. The number of nitrogens with one attached hydrogen (secondary N) is 1. The molecule has 5 nitrogen and oxygen atoms in total. The Morgan fingerprint density at radius 1 is 1.32 bits per heavy atom. The quantitative estimate of drug-likeness (QED) is 0.890. The molecule has 0 unspecified atom stereocenters. The van der Waals surface area contributed by atoms with Crippen LogP contribution >= 0.6 is 11.8 Å². The highest BCUT2D eigenvalue weighted by Crippen LogP contribution is 2.26. The lowest BCUT2D eigenvalue weighted by atomic mass is 9.91. The molecule has 118 valence electrons. The zero-order valence-electron chi connectivity index (χ0n) is 12.6. The highest BCUT2D eigenvalue weighted by molar-refractivity contribution is 8.04. The van der Waals surface area contributed by atoms with Crippen molar-refractivity contribution in [2.45, 2.75) is 37.8 Å². The Hall–Kier alpha value is -1.53. The molecule has 1 fully saturated rings. The lowest BCUT2D eigenvalue weighted by Gasteiger charge is -2.31. The number of carbonyl (C=O) groups is 1. The summed E-state index contributed by atoms with van der Waals surface area (Å²) in [6.45, 7) is 0.897. The van der Waals surface area contributed by atoms with Crippen molar-refractivity contribution >= 4 is 23.4 Å². The van der Waals surface area contributed by atoms with Gasteiger partial charge in [-0.15, -0.1) is 11.8 Å². The van der Waals surface area contributed by atoms with Gasteiger partial charge in [0.15, 0.2) is 0 Å². The van der Waals surface area contributed by atoms with E-state index in [0.717, 1.165) is 42.2 Å². The summed E-state index contributed by atoms with van der Waals surface area (Å²) in [5.74, 6) is 0.907. The Morgan fingerprint density at radius 3 is 2.86 bits per heavy atom. The van der Waals surface area contributed by atoms with Crippen molar-refractivity contribution in [2.75, 3.05) is 17.2 Å². The minimum atomic E-state index is 0.00565. The second kappa shape index (κ2) is 7.15.